The second-order valence-corrected chi connectivity index (χ2v) is 6.74. The minimum Gasteiger partial charge on any atom is -0.497 e. The molecule has 3 aromatic carbocycles. The first-order chi connectivity index (χ1) is 14.1. The van der Waals surface area contributed by atoms with Crippen LogP contribution in [-0.4, -0.2) is 16.7 Å². The van der Waals surface area contributed by atoms with Gasteiger partial charge in [0.05, 0.1) is 28.7 Å². The van der Waals surface area contributed by atoms with Crippen molar-refractivity contribution < 1.29 is 9.13 Å². The lowest BCUT2D eigenvalue weighted by Crippen LogP contribution is -2.22. The van der Waals surface area contributed by atoms with E-state index >= 15 is 0 Å². The number of benzene rings is 3. The zero-order chi connectivity index (χ0) is 20.4. The summed E-state index contributed by atoms with van der Waals surface area (Å²) < 4.78 is 20.3. The Balaban J connectivity index is 1.92. The molecule has 0 aliphatic heterocycles. The predicted octanol–water partition coefficient (Wildman–Crippen LogP) is 5.36. The number of fused-ring (bicyclic) bond motifs is 1. The Morgan fingerprint density at radius 1 is 1.03 bits per heavy atom. The van der Waals surface area contributed by atoms with Crippen LogP contribution in [0.2, 0.25) is 5.02 Å². The van der Waals surface area contributed by atoms with Gasteiger partial charge in [0.1, 0.15) is 17.4 Å². The number of aromatic nitrogens is 2. The zero-order valence-corrected chi connectivity index (χ0v) is 16.2. The number of ether oxygens (including phenoxy) is 1. The van der Waals surface area contributed by atoms with Gasteiger partial charge < -0.3 is 4.74 Å². The van der Waals surface area contributed by atoms with Crippen LogP contribution in [-0.2, 0) is 0 Å². The standard InChI is InChI=1S/C23H16ClFN2O2/c1-29-17-6-4-5-15(13-17)9-12-22-26-21-8-3-2-7-18(21)23(28)27(22)16-10-11-20(25)19(24)14-16/h2-14H,1H3. The van der Waals surface area contributed by atoms with E-state index in [2.05, 4.69) is 4.98 Å². The molecule has 6 heteroatoms. The second-order valence-electron chi connectivity index (χ2n) is 6.34. The Morgan fingerprint density at radius 2 is 1.86 bits per heavy atom. The van der Waals surface area contributed by atoms with Crippen molar-refractivity contribution in [3.8, 4) is 11.4 Å². The van der Waals surface area contributed by atoms with Gasteiger partial charge in [0.25, 0.3) is 5.56 Å². The lowest BCUT2D eigenvalue weighted by Gasteiger charge is -2.12. The summed E-state index contributed by atoms with van der Waals surface area (Å²) in [5.74, 6) is 0.575. The number of hydrogen-bond acceptors (Lipinski definition) is 3. The number of methoxy groups -OCH3 is 1. The van der Waals surface area contributed by atoms with Crippen molar-refractivity contribution in [2.45, 2.75) is 0 Å². The summed E-state index contributed by atoms with van der Waals surface area (Å²) in [4.78, 5) is 17.8. The lowest BCUT2D eigenvalue weighted by molar-refractivity contribution is 0.414. The molecule has 0 amide bonds. The Bertz CT molecular complexity index is 1300. The third-order valence-corrected chi connectivity index (χ3v) is 4.77. The zero-order valence-electron chi connectivity index (χ0n) is 15.5. The van der Waals surface area contributed by atoms with Gasteiger partial charge in [-0.15, -0.1) is 0 Å². The first-order valence-electron chi connectivity index (χ1n) is 8.86. The van der Waals surface area contributed by atoms with E-state index in [0.29, 0.717) is 22.4 Å². The Morgan fingerprint density at radius 3 is 2.66 bits per heavy atom. The molecule has 4 nitrogen and oxygen atoms in total. The number of halogens is 2. The Labute approximate surface area is 171 Å². The summed E-state index contributed by atoms with van der Waals surface area (Å²) in [6, 6.07) is 18.7. The molecule has 0 spiro atoms. The van der Waals surface area contributed by atoms with Crippen molar-refractivity contribution in [3.63, 3.8) is 0 Å². The largest absolute Gasteiger partial charge is 0.497 e. The van der Waals surface area contributed by atoms with Crippen molar-refractivity contribution in [2.24, 2.45) is 0 Å². The van der Waals surface area contributed by atoms with E-state index in [1.54, 1.807) is 31.4 Å². The van der Waals surface area contributed by atoms with Crippen LogP contribution in [0.4, 0.5) is 4.39 Å². The number of rotatable bonds is 4. The average Bonchev–Trinajstić information content (AvgIpc) is 2.74. The normalized spacial score (nSPS) is 11.3. The molecule has 0 aliphatic carbocycles. The average molecular weight is 407 g/mol. The second kappa shape index (κ2) is 7.89. The molecule has 0 N–H and O–H groups in total. The molecule has 0 atom stereocenters. The van der Waals surface area contributed by atoms with Gasteiger partial charge in [0, 0.05) is 0 Å². The molecule has 1 aromatic heterocycles. The minimum absolute atomic E-state index is 0.0646. The number of nitrogens with zero attached hydrogens (tertiary/aromatic N) is 2. The highest BCUT2D eigenvalue weighted by Gasteiger charge is 2.12. The van der Waals surface area contributed by atoms with Crippen molar-refractivity contribution in [2.75, 3.05) is 7.11 Å². The summed E-state index contributed by atoms with van der Waals surface area (Å²) in [5, 5.41) is 0.400. The molecule has 4 rings (SSSR count). The van der Waals surface area contributed by atoms with E-state index in [-0.39, 0.29) is 10.6 Å². The van der Waals surface area contributed by atoms with E-state index in [1.807, 2.05) is 36.4 Å². The van der Waals surface area contributed by atoms with Crippen LogP contribution in [0.15, 0.2) is 71.5 Å². The smallest absolute Gasteiger partial charge is 0.266 e. The van der Waals surface area contributed by atoms with Gasteiger partial charge in [0.15, 0.2) is 0 Å². The van der Waals surface area contributed by atoms with Crippen LogP contribution < -0.4 is 10.3 Å². The highest BCUT2D eigenvalue weighted by Crippen LogP contribution is 2.21. The molecule has 0 radical (unpaired) electrons. The number of hydrogen-bond donors (Lipinski definition) is 0. The summed E-state index contributed by atoms with van der Waals surface area (Å²) >= 11 is 5.95. The maximum absolute atomic E-state index is 13.6. The van der Waals surface area contributed by atoms with Crippen LogP contribution in [0.1, 0.15) is 11.4 Å². The SMILES string of the molecule is COc1cccc(C=Cc2nc3ccccc3c(=O)n2-c2ccc(F)c(Cl)c2)c1. The van der Waals surface area contributed by atoms with Crippen molar-refractivity contribution >= 4 is 34.7 Å². The molecule has 4 aromatic rings. The first-order valence-corrected chi connectivity index (χ1v) is 9.24. The summed E-state index contributed by atoms with van der Waals surface area (Å²) in [6.45, 7) is 0. The van der Waals surface area contributed by atoms with Gasteiger partial charge in [-0.25, -0.2) is 9.37 Å². The Kier molecular flexibility index (Phi) is 5.14. The van der Waals surface area contributed by atoms with Gasteiger partial charge in [0.2, 0.25) is 0 Å². The van der Waals surface area contributed by atoms with Crippen molar-refractivity contribution in [1.29, 1.82) is 0 Å². The van der Waals surface area contributed by atoms with Crippen LogP contribution in [0.25, 0.3) is 28.7 Å². The molecule has 0 aliphatic rings. The molecule has 0 bridgehead atoms. The topological polar surface area (TPSA) is 44.1 Å². The van der Waals surface area contributed by atoms with Crippen LogP contribution in [0.3, 0.4) is 0 Å². The van der Waals surface area contributed by atoms with Crippen LogP contribution in [0, 0.1) is 5.82 Å². The maximum atomic E-state index is 13.6. The summed E-state index contributed by atoms with van der Waals surface area (Å²) in [6.07, 6.45) is 3.57. The van der Waals surface area contributed by atoms with E-state index in [4.69, 9.17) is 16.3 Å². The molecule has 0 saturated carbocycles. The van der Waals surface area contributed by atoms with Gasteiger partial charge in [-0.2, -0.15) is 0 Å². The quantitative estimate of drug-likeness (QED) is 0.458. The van der Waals surface area contributed by atoms with E-state index in [1.165, 1.54) is 22.8 Å². The van der Waals surface area contributed by atoms with Crippen molar-refractivity contribution in [3.05, 3.63) is 99.3 Å². The fourth-order valence-corrected chi connectivity index (χ4v) is 3.23. The maximum Gasteiger partial charge on any atom is 0.266 e. The number of para-hydroxylation sites is 1. The summed E-state index contributed by atoms with van der Waals surface area (Å²) in [7, 11) is 1.60. The summed E-state index contributed by atoms with van der Waals surface area (Å²) in [5.41, 5.74) is 1.64. The monoisotopic (exact) mass is 406 g/mol. The third kappa shape index (κ3) is 3.77. The highest BCUT2D eigenvalue weighted by atomic mass is 35.5. The predicted molar refractivity (Wildman–Crippen MR) is 114 cm³/mol. The van der Waals surface area contributed by atoms with Crippen LogP contribution >= 0.6 is 11.6 Å². The van der Waals surface area contributed by atoms with E-state index in [9.17, 15) is 9.18 Å². The van der Waals surface area contributed by atoms with Gasteiger partial charge in [-0.3, -0.25) is 9.36 Å². The van der Waals surface area contributed by atoms with Gasteiger partial charge >= 0.3 is 0 Å². The molecular formula is C23H16ClFN2O2. The lowest BCUT2D eigenvalue weighted by atomic mass is 10.2. The van der Waals surface area contributed by atoms with E-state index in [0.717, 1.165) is 11.3 Å². The minimum atomic E-state index is -0.550. The fourth-order valence-electron chi connectivity index (χ4n) is 3.05. The van der Waals surface area contributed by atoms with E-state index < -0.39 is 5.82 Å². The molecular weight excluding hydrogens is 391 g/mol. The molecule has 0 unspecified atom stereocenters. The molecule has 144 valence electrons. The third-order valence-electron chi connectivity index (χ3n) is 4.48. The molecule has 1 heterocycles. The molecule has 29 heavy (non-hydrogen) atoms. The van der Waals surface area contributed by atoms with Gasteiger partial charge in [-0.1, -0.05) is 41.9 Å². The fraction of sp³-hybridized carbons (Fsp3) is 0.0435. The van der Waals surface area contributed by atoms with Crippen LogP contribution in [0.5, 0.6) is 5.75 Å². The Hall–Kier alpha value is -3.44. The molecule has 0 fully saturated rings. The van der Waals surface area contributed by atoms with Gasteiger partial charge in [-0.05, 0) is 54.1 Å². The first kappa shape index (κ1) is 18.9. The van der Waals surface area contributed by atoms with Crippen molar-refractivity contribution in [1.82, 2.24) is 9.55 Å². The molecule has 0 saturated heterocycles. The highest BCUT2D eigenvalue weighted by molar-refractivity contribution is 6.30.